The second-order valence-corrected chi connectivity index (χ2v) is 7.05. The predicted octanol–water partition coefficient (Wildman–Crippen LogP) is 2.68. The van der Waals surface area contributed by atoms with Gasteiger partial charge in [0.05, 0.1) is 6.61 Å². The van der Waals surface area contributed by atoms with E-state index >= 15 is 0 Å². The standard InChI is InChI=1S/C21H28N4O2/c1-17-4-6-18(7-5-17)16-25(14-15-27-2)20(26)19-8-12-24(13-9-19)21-22-10-3-11-23-21/h3-7,10-11,19H,8-9,12-16H2,1-2H3. The summed E-state index contributed by atoms with van der Waals surface area (Å²) >= 11 is 0. The smallest absolute Gasteiger partial charge is 0.226 e. The minimum absolute atomic E-state index is 0.0484. The Kier molecular flexibility index (Phi) is 6.76. The molecule has 0 bridgehead atoms. The summed E-state index contributed by atoms with van der Waals surface area (Å²) in [4.78, 5) is 25.9. The third-order valence-corrected chi connectivity index (χ3v) is 5.05. The molecule has 1 aliphatic rings. The van der Waals surface area contributed by atoms with Gasteiger partial charge in [-0.1, -0.05) is 29.8 Å². The quantitative estimate of drug-likeness (QED) is 0.752. The van der Waals surface area contributed by atoms with Crippen molar-refractivity contribution in [2.24, 2.45) is 5.92 Å². The van der Waals surface area contributed by atoms with Gasteiger partial charge in [-0.2, -0.15) is 0 Å². The zero-order valence-corrected chi connectivity index (χ0v) is 16.2. The van der Waals surface area contributed by atoms with E-state index in [1.807, 2.05) is 11.0 Å². The Balaban J connectivity index is 1.61. The number of carbonyl (C=O) groups excluding carboxylic acids is 1. The Morgan fingerprint density at radius 3 is 2.48 bits per heavy atom. The van der Waals surface area contributed by atoms with Crippen molar-refractivity contribution in [1.82, 2.24) is 14.9 Å². The largest absolute Gasteiger partial charge is 0.383 e. The van der Waals surface area contributed by atoms with Crippen molar-refractivity contribution in [3.8, 4) is 0 Å². The minimum atomic E-state index is 0.0484. The molecule has 6 heteroatoms. The average Bonchev–Trinajstić information content (AvgIpc) is 2.73. The topological polar surface area (TPSA) is 58.6 Å². The number of hydrogen-bond acceptors (Lipinski definition) is 5. The highest BCUT2D eigenvalue weighted by Gasteiger charge is 2.29. The molecular formula is C21H28N4O2. The van der Waals surface area contributed by atoms with E-state index in [1.54, 1.807) is 19.5 Å². The minimum Gasteiger partial charge on any atom is -0.383 e. The van der Waals surface area contributed by atoms with Crippen molar-refractivity contribution in [2.45, 2.75) is 26.3 Å². The van der Waals surface area contributed by atoms with Crippen LogP contribution in [0.3, 0.4) is 0 Å². The molecule has 6 nitrogen and oxygen atoms in total. The summed E-state index contributed by atoms with van der Waals surface area (Å²) in [6, 6.07) is 10.2. The maximum absolute atomic E-state index is 13.1. The zero-order valence-electron chi connectivity index (χ0n) is 16.2. The van der Waals surface area contributed by atoms with Crippen LogP contribution in [0.4, 0.5) is 5.95 Å². The lowest BCUT2D eigenvalue weighted by Gasteiger charge is -2.34. The van der Waals surface area contributed by atoms with Gasteiger partial charge in [0.25, 0.3) is 0 Å². The lowest BCUT2D eigenvalue weighted by Crippen LogP contribution is -2.43. The molecule has 144 valence electrons. The molecule has 1 amide bonds. The van der Waals surface area contributed by atoms with Crippen LogP contribution in [0.1, 0.15) is 24.0 Å². The van der Waals surface area contributed by atoms with Crippen LogP contribution in [0.5, 0.6) is 0 Å². The number of rotatable bonds is 7. The number of nitrogens with zero attached hydrogens (tertiary/aromatic N) is 4. The molecular weight excluding hydrogens is 340 g/mol. The van der Waals surface area contributed by atoms with Gasteiger partial charge in [-0.3, -0.25) is 4.79 Å². The molecule has 0 atom stereocenters. The van der Waals surface area contributed by atoms with Crippen molar-refractivity contribution in [3.05, 3.63) is 53.9 Å². The summed E-state index contributed by atoms with van der Waals surface area (Å²) in [5, 5.41) is 0. The van der Waals surface area contributed by atoms with Gasteiger partial charge < -0.3 is 14.5 Å². The fourth-order valence-electron chi connectivity index (χ4n) is 3.42. The summed E-state index contributed by atoms with van der Waals surface area (Å²) in [5.41, 5.74) is 2.38. The van der Waals surface area contributed by atoms with Gasteiger partial charge in [-0.15, -0.1) is 0 Å². The van der Waals surface area contributed by atoms with E-state index in [0.29, 0.717) is 19.7 Å². The van der Waals surface area contributed by atoms with Gasteiger partial charge in [0.1, 0.15) is 0 Å². The predicted molar refractivity (Wildman–Crippen MR) is 105 cm³/mol. The number of piperidine rings is 1. The fourth-order valence-corrected chi connectivity index (χ4v) is 3.42. The summed E-state index contributed by atoms with van der Waals surface area (Å²) in [7, 11) is 1.67. The third kappa shape index (κ3) is 5.26. The Morgan fingerprint density at radius 1 is 1.19 bits per heavy atom. The van der Waals surface area contributed by atoms with Crippen LogP contribution in [0, 0.1) is 12.8 Å². The first-order valence-electron chi connectivity index (χ1n) is 9.52. The number of aryl methyl sites for hydroxylation is 1. The Morgan fingerprint density at radius 2 is 1.85 bits per heavy atom. The molecule has 0 spiro atoms. The van der Waals surface area contributed by atoms with Gasteiger partial charge >= 0.3 is 0 Å². The summed E-state index contributed by atoms with van der Waals surface area (Å²) in [6.07, 6.45) is 5.17. The number of amides is 1. The molecule has 0 saturated carbocycles. The Labute approximate surface area is 161 Å². The summed E-state index contributed by atoms with van der Waals surface area (Å²) in [5.74, 6) is 1.02. The van der Waals surface area contributed by atoms with Crippen LogP contribution < -0.4 is 4.90 Å². The highest BCUT2D eigenvalue weighted by atomic mass is 16.5. The highest BCUT2D eigenvalue weighted by molar-refractivity contribution is 5.79. The van der Waals surface area contributed by atoms with Crippen molar-refractivity contribution in [2.75, 3.05) is 38.3 Å². The number of methoxy groups -OCH3 is 1. The monoisotopic (exact) mass is 368 g/mol. The van der Waals surface area contributed by atoms with E-state index in [4.69, 9.17) is 4.74 Å². The molecule has 1 aliphatic heterocycles. The Hall–Kier alpha value is -2.47. The van der Waals surface area contributed by atoms with Crippen molar-refractivity contribution in [1.29, 1.82) is 0 Å². The van der Waals surface area contributed by atoms with Gasteiger partial charge in [0, 0.05) is 51.6 Å². The first kappa shape index (κ1) is 19.3. The molecule has 1 aromatic carbocycles. The second-order valence-electron chi connectivity index (χ2n) is 7.05. The number of anilines is 1. The zero-order chi connectivity index (χ0) is 19.1. The first-order chi connectivity index (χ1) is 13.2. The van der Waals surface area contributed by atoms with Crippen LogP contribution in [0.2, 0.25) is 0 Å². The van der Waals surface area contributed by atoms with E-state index in [0.717, 1.165) is 37.4 Å². The number of aromatic nitrogens is 2. The second kappa shape index (κ2) is 9.46. The number of hydrogen-bond donors (Lipinski definition) is 0. The highest BCUT2D eigenvalue weighted by Crippen LogP contribution is 2.23. The van der Waals surface area contributed by atoms with E-state index in [9.17, 15) is 4.79 Å². The average molecular weight is 368 g/mol. The van der Waals surface area contributed by atoms with Crippen molar-refractivity contribution < 1.29 is 9.53 Å². The molecule has 2 heterocycles. The molecule has 0 unspecified atom stereocenters. The molecule has 1 aromatic heterocycles. The molecule has 1 fully saturated rings. The molecule has 0 radical (unpaired) electrons. The maximum Gasteiger partial charge on any atom is 0.226 e. The van der Waals surface area contributed by atoms with Crippen molar-refractivity contribution >= 4 is 11.9 Å². The van der Waals surface area contributed by atoms with Crippen LogP contribution in [0.15, 0.2) is 42.7 Å². The van der Waals surface area contributed by atoms with E-state index in [1.165, 1.54) is 5.56 Å². The van der Waals surface area contributed by atoms with E-state index in [2.05, 4.69) is 46.1 Å². The molecule has 2 aromatic rings. The van der Waals surface area contributed by atoms with Crippen LogP contribution >= 0.6 is 0 Å². The Bertz CT molecular complexity index is 713. The normalized spacial score (nSPS) is 15.0. The van der Waals surface area contributed by atoms with Gasteiger partial charge in [-0.05, 0) is 31.4 Å². The fraction of sp³-hybridized carbons (Fsp3) is 0.476. The van der Waals surface area contributed by atoms with Gasteiger partial charge in [0.2, 0.25) is 11.9 Å². The van der Waals surface area contributed by atoms with Gasteiger partial charge in [0.15, 0.2) is 0 Å². The summed E-state index contributed by atoms with van der Waals surface area (Å²) in [6.45, 7) is 5.48. The van der Waals surface area contributed by atoms with Crippen LogP contribution in [-0.4, -0.2) is 54.1 Å². The van der Waals surface area contributed by atoms with Crippen LogP contribution in [0.25, 0.3) is 0 Å². The van der Waals surface area contributed by atoms with E-state index < -0.39 is 0 Å². The molecule has 3 rings (SSSR count). The molecule has 27 heavy (non-hydrogen) atoms. The third-order valence-electron chi connectivity index (χ3n) is 5.05. The molecule has 0 N–H and O–H groups in total. The lowest BCUT2D eigenvalue weighted by molar-refractivity contribution is -0.137. The van der Waals surface area contributed by atoms with Crippen molar-refractivity contribution in [3.63, 3.8) is 0 Å². The molecule has 1 saturated heterocycles. The summed E-state index contributed by atoms with van der Waals surface area (Å²) < 4.78 is 5.22. The maximum atomic E-state index is 13.1. The SMILES string of the molecule is COCCN(Cc1ccc(C)cc1)C(=O)C1CCN(c2ncccn2)CC1. The number of benzene rings is 1. The number of ether oxygens (including phenoxy) is 1. The van der Waals surface area contributed by atoms with Gasteiger partial charge in [-0.25, -0.2) is 9.97 Å². The van der Waals surface area contributed by atoms with Crippen LogP contribution in [-0.2, 0) is 16.1 Å². The first-order valence-corrected chi connectivity index (χ1v) is 9.52. The molecule has 0 aliphatic carbocycles. The number of carbonyl (C=O) groups is 1. The van der Waals surface area contributed by atoms with E-state index in [-0.39, 0.29) is 11.8 Å². The lowest BCUT2D eigenvalue weighted by atomic mass is 9.95.